The van der Waals surface area contributed by atoms with Crippen LogP contribution in [0.4, 0.5) is 13.2 Å². The number of halogens is 3. The average molecular weight is 280 g/mol. The largest absolute Gasteiger partial charge is 0.466 e. The minimum absolute atomic E-state index is 0.0948. The fourth-order valence-electron chi connectivity index (χ4n) is 3.11. The smallest absolute Gasteiger partial charge is 0.401 e. The molecule has 4 nitrogen and oxygen atoms in total. The van der Waals surface area contributed by atoms with Gasteiger partial charge in [0.1, 0.15) is 0 Å². The summed E-state index contributed by atoms with van der Waals surface area (Å²) in [4.78, 5) is 13.5. The number of alkyl halides is 3. The van der Waals surface area contributed by atoms with E-state index in [1.165, 1.54) is 4.90 Å². The van der Waals surface area contributed by atoms with Gasteiger partial charge in [-0.1, -0.05) is 0 Å². The second kappa shape index (κ2) is 5.28. The first-order chi connectivity index (χ1) is 8.87. The normalized spacial score (nSPS) is 32.1. The van der Waals surface area contributed by atoms with Crippen molar-refractivity contribution in [3.05, 3.63) is 0 Å². The van der Waals surface area contributed by atoms with Gasteiger partial charge in [-0.05, 0) is 19.9 Å². The van der Waals surface area contributed by atoms with Gasteiger partial charge in [0.15, 0.2) is 0 Å². The number of rotatable bonds is 3. The molecule has 0 aliphatic carbocycles. The van der Waals surface area contributed by atoms with Crippen LogP contribution in [-0.2, 0) is 9.53 Å². The van der Waals surface area contributed by atoms with Crippen molar-refractivity contribution in [1.82, 2.24) is 10.2 Å². The molecule has 2 atom stereocenters. The molecule has 0 saturated carbocycles. The quantitative estimate of drug-likeness (QED) is 0.784. The number of carbonyl (C=O) groups is 1. The first-order valence-electron chi connectivity index (χ1n) is 6.54. The molecule has 2 aliphatic heterocycles. The Hall–Kier alpha value is -0.820. The van der Waals surface area contributed by atoms with E-state index in [9.17, 15) is 18.0 Å². The molecule has 0 amide bonds. The number of esters is 1. The van der Waals surface area contributed by atoms with Crippen LogP contribution in [0, 0.1) is 11.3 Å². The third-order valence-corrected chi connectivity index (χ3v) is 4.05. The number of piperidine rings is 1. The van der Waals surface area contributed by atoms with Gasteiger partial charge in [-0.25, -0.2) is 0 Å². The van der Waals surface area contributed by atoms with Gasteiger partial charge in [-0.2, -0.15) is 13.2 Å². The van der Waals surface area contributed by atoms with E-state index in [0.717, 1.165) is 0 Å². The van der Waals surface area contributed by atoms with Crippen LogP contribution in [0.3, 0.4) is 0 Å². The summed E-state index contributed by atoms with van der Waals surface area (Å²) in [5.41, 5.74) is -0.627. The van der Waals surface area contributed by atoms with Gasteiger partial charge < -0.3 is 10.1 Å². The Morgan fingerprint density at radius 1 is 1.53 bits per heavy atom. The molecule has 2 fully saturated rings. The minimum atomic E-state index is -4.18. The fraction of sp³-hybridized carbons (Fsp3) is 0.917. The van der Waals surface area contributed by atoms with Crippen LogP contribution in [0.15, 0.2) is 0 Å². The Morgan fingerprint density at radius 2 is 2.26 bits per heavy atom. The summed E-state index contributed by atoms with van der Waals surface area (Å²) >= 11 is 0. The number of hydrogen-bond acceptors (Lipinski definition) is 4. The first-order valence-corrected chi connectivity index (χ1v) is 6.54. The highest BCUT2D eigenvalue weighted by atomic mass is 19.4. The number of nitrogens with one attached hydrogen (secondary N) is 1. The number of ether oxygens (including phenoxy) is 1. The van der Waals surface area contributed by atoms with Crippen molar-refractivity contribution in [3.63, 3.8) is 0 Å². The third-order valence-electron chi connectivity index (χ3n) is 4.05. The Balaban J connectivity index is 2.03. The molecular weight excluding hydrogens is 261 g/mol. The van der Waals surface area contributed by atoms with E-state index in [0.29, 0.717) is 32.7 Å². The first kappa shape index (κ1) is 14.6. The van der Waals surface area contributed by atoms with Gasteiger partial charge in [0.2, 0.25) is 0 Å². The van der Waals surface area contributed by atoms with E-state index in [-0.39, 0.29) is 18.4 Å². The third kappa shape index (κ3) is 3.02. The molecule has 0 aromatic carbocycles. The van der Waals surface area contributed by atoms with Crippen LogP contribution in [0.2, 0.25) is 0 Å². The van der Waals surface area contributed by atoms with Crippen LogP contribution >= 0.6 is 0 Å². The monoisotopic (exact) mass is 280 g/mol. The van der Waals surface area contributed by atoms with E-state index in [1.54, 1.807) is 6.92 Å². The summed E-state index contributed by atoms with van der Waals surface area (Å²) in [5.74, 6) is -0.362. The summed E-state index contributed by atoms with van der Waals surface area (Å²) < 4.78 is 42.3. The van der Waals surface area contributed by atoms with E-state index in [1.807, 2.05) is 0 Å². The van der Waals surface area contributed by atoms with Crippen LogP contribution in [-0.4, -0.2) is 56.4 Å². The highest BCUT2D eigenvalue weighted by Crippen LogP contribution is 2.41. The highest BCUT2D eigenvalue weighted by Gasteiger charge is 2.53. The number of fused-ring (bicyclic) bond motifs is 1. The summed E-state index contributed by atoms with van der Waals surface area (Å²) in [6.07, 6.45) is -3.75. The number of hydrogen-bond donors (Lipinski definition) is 1. The van der Waals surface area contributed by atoms with E-state index in [2.05, 4.69) is 5.32 Å². The van der Waals surface area contributed by atoms with Crippen LogP contribution in [0.25, 0.3) is 0 Å². The maximum absolute atomic E-state index is 12.4. The minimum Gasteiger partial charge on any atom is -0.466 e. The van der Waals surface area contributed by atoms with Crippen molar-refractivity contribution in [2.75, 3.05) is 39.3 Å². The zero-order valence-corrected chi connectivity index (χ0v) is 10.9. The summed E-state index contributed by atoms with van der Waals surface area (Å²) in [7, 11) is 0. The SMILES string of the molecule is CCOC(=O)C12CCN(CC(F)(F)F)CC1CNC2. The van der Waals surface area contributed by atoms with Crippen molar-refractivity contribution < 1.29 is 22.7 Å². The Bertz CT molecular complexity index is 348. The fourth-order valence-corrected chi connectivity index (χ4v) is 3.11. The lowest BCUT2D eigenvalue weighted by Crippen LogP contribution is -2.53. The predicted molar refractivity (Wildman–Crippen MR) is 62.5 cm³/mol. The number of likely N-dealkylation sites (tertiary alicyclic amines) is 1. The summed E-state index contributed by atoms with van der Waals surface area (Å²) in [6.45, 7) is 2.82. The van der Waals surface area contributed by atoms with Crippen molar-refractivity contribution in [2.45, 2.75) is 19.5 Å². The zero-order valence-electron chi connectivity index (χ0n) is 10.9. The van der Waals surface area contributed by atoms with Crippen LogP contribution in [0.1, 0.15) is 13.3 Å². The van der Waals surface area contributed by atoms with Gasteiger partial charge in [-0.3, -0.25) is 9.69 Å². The van der Waals surface area contributed by atoms with E-state index in [4.69, 9.17) is 4.74 Å². The Kier molecular flexibility index (Phi) is 4.06. The Morgan fingerprint density at radius 3 is 2.89 bits per heavy atom. The average Bonchev–Trinajstić information content (AvgIpc) is 2.71. The maximum Gasteiger partial charge on any atom is 0.401 e. The number of carbonyl (C=O) groups excluding carboxylic acids is 1. The highest BCUT2D eigenvalue weighted by molar-refractivity contribution is 5.78. The van der Waals surface area contributed by atoms with E-state index < -0.39 is 18.1 Å². The van der Waals surface area contributed by atoms with Crippen LogP contribution in [0.5, 0.6) is 0 Å². The van der Waals surface area contributed by atoms with Crippen molar-refractivity contribution in [1.29, 1.82) is 0 Å². The van der Waals surface area contributed by atoms with Gasteiger partial charge >= 0.3 is 12.1 Å². The second-order valence-electron chi connectivity index (χ2n) is 5.30. The number of nitrogens with zero attached hydrogens (tertiary/aromatic N) is 1. The topological polar surface area (TPSA) is 41.6 Å². The summed E-state index contributed by atoms with van der Waals surface area (Å²) in [6, 6.07) is 0. The molecule has 2 unspecified atom stereocenters. The molecule has 19 heavy (non-hydrogen) atoms. The molecule has 0 aromatic heterocycles. The molecule has 2 rings (SSSR count). The molecule has 2 aliphatic rings. The second-order valence-corrected chi connectivity index (χ2v) is 5.30. The lowest BCUT2D eigenvalue weighted by atomic mass is 9.72. The molecule has 7 heteroatoms. The van der Waals surface area contributed by atoms with Gasteiger partial charge in [0.05, 0.1) is 18.6 Å². The molecule has 110 valence electrons. The maximum atomic E-state index is 12.4. The van der Waals surface area contributed by atoms with Gasteiger partial charge in [-0.15, -0.1) is 0 Å². The van der Waals surface area contributed by atoms with Crippen molar-refractivity contribution in [2.24, 2.45) is 11.3 Å². The van der Waals surface area contributed by atoms with Gasteiger partial charge in [0, 0.05) is 25.6 Å². The molecular formula is C12H19F3N2O2. The predicted octanol–water partition coefficient (Wildman–Crippen LogP) is 1.02. The van der Waals surface area contributed by atoms with Crippen molar-refractivity contribution in [3.8, 4) is 0 Å². The molecule has 2 saturated heterocycles. The lowest BCUT2D eigenvalue weighted by Gasteiger charge is -2.41. The van der Waals surface area contributed by atoms with Gasteiger partial charge in [0.25, 0.3) is 0 Å². The molecule has 0 radical (unpaired) electrons. The molecule has 2 heterocycles. The summed E-state index contributed by atoms with van der Waals surface area (Å²) in [5, 5.41) is 3.12. The Labute approximate surface area is 110 Å². The molecule has 0 aromatic rings. The molecule has 1 N–H and O–H groups in total. The zero-order chi connectivity index (χ0) is 14.1. The standard InChI is InChI=1S/C12H19F3N2O2/c1-2-19-10(18)11-3-4-17(8-12(13,14)15)6-9(11)5-16-7-11/h9,16H,2-8H2,1H3. The molecule has 0 bridgehead atoms. The molecule has 0 spiro atoms. The van der Waals surface area contributed by atoms with Crippen molar-refractivity contribution >= 4 is 5.97 Å². The van der Waals surface area contributed by atoms with E-state index >= 15 is 0 Å². The van der Waals surface area contributed by atoms with Crippen LogP contribution < -0.4 is 5.32 Å². The lowest BCUT2D eigenvalue weighted by molar-refractivity contribution is -0.167.